The molecule has 1 atom stereocenters. The quantitative estimate of drug-likeness (QED) is 0.870. The van der Waals surface area contributed by atoms with Crippen LogP contribution in [0.1, 0.15) is 56.7 Å². The Morgan fingerprint density at radius 2 is 2.05 bits per heavy atom. The lowest BCUT2D eigenvalue weighted by atomic mass is 9.73. The Morgan fingerprint density at radius 1 is 1.38 bits per heavy atom. The van der Waals surface area contributed by atoms with Gasteiger partial charge in [0.2, 0.25) is 0 Å². The maximum Gasteiger partial charge on any atom is 0.126 e. The van der Waals surface area contributed by atoms with Gasteiger partial charge in [0, 0.05) is 7.11 Å². The summed E-state index contributed by atoms with van der Waals surface area (Å²) in [6, 6.07) is 5.55. The van der Waals surface area contributed by atoms with Gasteiger partial charge in [-0.1, -0.05) is 26.0 Å². The van der Waals surface area contributed by atoms with Crippen molar-refractivity contribution >= 4 is 0 Å². The molecular formula is C18H28FNO. The SMILES string of the molecule is CCNC(c1ccc(F)c(C)c1)C1(OC)CCC(C)CC1. The summed E-state index contributed by atoms with van der Waals surface area (Å²) in [5.74, 6) is 0.628. The number of halogens is 1. The summed E-state index contributed by atoms with van der Waals surface area (Å²) in [6.45, 7) is 7.12. The van der Waals surface area contributed by atoms with E-state index in [1.807, 2.05) is 26.2 Å². The third-order valence-corrected chi connectivity index (χ3v) is 4.98. The Bertz CT molecular complexity index is 466. The van der Waals surface area contributed by atoms with Gasteiger partial charge in [-0.05, 0) is 62.3 Å². The largest absolute Gasteiger partial charge is 0.376 e. The van der Waals surface area contributed by atoms with Crippen molar-refractivity contribution in [2.45, 2.75) is 58.1 Å². The van der Waals surface area contributed by atoms with Gasteiger partial charge < -0.3 is 10.1 Å². The van der Waals surface area contributed by atoms with E-state index in [4.69, 9.17) is 4.74 Å². The van der Waals surface area contributed by atoms with Crippen molar-refractivity contribution < 1.29 is 9.13 Å². The molecule has 3 heteroatoms. The summed E-state index contributed by atoms with van der Waals surface area (Å²) in [4.78, 5) is 0. The monoisotopic (exact) mass is 293 g/mol. The van der Waals surface area contributed by atoms with E-state index < -0.39 is 0 Å². The second-order valence-corrected chi connectivity index (χ2v) is 6.45. The topological polar surface area (TPSA) is 21.3 Å². The molecule has 0 aliphatic heterocycles. The van der Waals surface area contributed by atoms with Crippen LogP contribution >= 0.6 is 0 Å². The molecule has 1 aliphatic carbocycles. The number of aryl methyl sites for hydroxylation is 1. The Balaban J connectivity index is 2.33. The second kappa shape index (κ2) is 6.89. The lowest BCUT2D eigenvalue weighted by Crippen LogP contribution is -2.47. The molecule has 1 N–H and O–H groups in total. The highest BCUT2D eigenvalue weighted by atomic mass is 19.1. The molecule has 2 rings (SSSR count). The van der Waals surface area contributed by atoms with Crippen LogP contribution in [0.4, 0.5) is 4.39 Å². The van der Waals surface area contributed by atoms with Crippen LogP contribution in [0.15, 0.2) is 18.2 Å². The summed E-state index contributed by atoms with van der Waals surface area (Å²) in [7, 11) is 1.82. The van der Waals surface area contributed by atoms with E-state index in [9.17, 15) is 4.39 Å². The number of hydrogen-bond acceptors (Lipinski definition) is 2. The van der Waals surface area contributed by atoms with E-state index in [2.05, 4.69) is 19.2 Å². The van der Waals surface area contributed by atoms with Crippen LogP contribution in [0.5, 0.6) is 0 Å². The third kappa shape index (κ3) is 3.46. The van der Waals surface area contributed by atoms with Gasteiger partial charge in [-0.25, -0.2) is 4.39 Å². The third-order valence-electron chi connectivity index (χ3n) is 4.98. The fourth-order valence-corrected chi connectivity index (χ4v) is 3.52. The standard InChI is InChI=1S/C18H28FNO/c1-5-20-17(15-6-7-16(19)14(3)12-15)18(21-4)10-8-13(2)9-11-18/h6-7,12-13,17,20H,5,8-11H2,1-4H3. The van der Waals surface area contributed by atoms with Gasteiger partial charge in [0.05, 0.1) is 11.6 Å². The Kier molecular flexibility index (Phi) is 5.39. The molecule has 1 aromatic rings. The molecule has 0 saturated heterocycles. The van der Waals surface area contributed by atoms with Crippen LogP contribution in [0.25, 0.3) is 0 Å². The number of hydrogen-bond donors (Lipinski definition) is 1. The molecule has 118 valence electrons. The minimum atomic E-state index is -0.174. The number of benzene rings is 1. The summed E-state index contributed by atoms with van der Waals surface area (Å²) in [5.41, 5.74) is 1.66. The van der Waals surface area contributed by atoms with Gasteiger partial charge in [-0.15, -0.1) is 0 Å². The van der Waals surface area contributed by atoms with Gasteiger partial charge in [0.15, 0.2) is 0 Å². The van der Waals surface area contributed by atoms with Crippen molar-refractivity contribution in [3.05, 3.63) is 35.1 Å². The average Bonchev–Trinajstić information content (AvgIpc) is 2.49. The van der Waals surface area contributed by atoms with Crippen molar-refractivity contribution in [3.8, 4) is 0 Å². The highest BCUT2D eigenvalue weighted by Crippen LogP contribution is 2.43. The van der Waals surface area contributed by atoms with Gasteiger partial charge in [-0.3, -0.25) is 0 Å². The lowest BCUT2D eigenvalue weighted by molar-refractivity contribution is -0.0757. The normalized spacial score (nSPS) is 27.6. The van der Waals surface area contributed by atoms with E-state index in [1.165, 1.54) is 12.8 Å². The maximum absolute atomic E-state index is 13.6. The maximum atomic E-state index is 13.6. The van der Waals surface area contributed by atoms with Crippen LogP contribution in [-0.4, -0.2) is 19.3 Å². The first kappa shape index (κ1) is 16.4. The van der Waals surface area contributed by atoms with Crippen LogP contribution in [0.2, 0.25) is 0 Å². The first-order chi connectivity index (χ1) is 10.0. The molecule has 1 unspecified atom stereocenters. The van der Waals surface area contributed by atoms with Crippen LogP contribution in [-0.2, 0) is 4.74 Å². The molecule has 1 fully saturated rings. The number of likely N-dealkylation sites (N-methyl/N-ethyl adjacent to an activating group) is 1. The molecule has 1 saturated carbocycles. The molecule has 1 aromatic carbocycles. The van der Waals surface area contributed by atoms with Crippen molar-refractivity contribution in [1.82, 2.24) is 5.32 Å². The van der Waals surface area contributed by atoms with Gasteiger partial charge in [-0.2, -0.15) is 0 Å². The van der Waals surface area contributed by atoms with Crippen LogP contribution in [0.3, 0.4) is 0 Å². The smallest absolute Gasteiger partial charge is 0.126 e. The summed E-state index contributed by atoms with van der Waals surface area (Å²) in [5, 5.41) is 3.57. The molecule has 0 heterocycles. The molecule has 0 radical (unpaired) electrons. The highest BCUT2D eigenvalue weighted by molar-refractivity contribution is 5.29. The van der Waals surface area contributed by atoms with Crippen molar-refractivity contribution in [3.63, 3.8) is 0 Å². The Morgan fingerprint density at radius 3 is 2.57 bits per heavy atom. The minimum Gasteiger partial charge on any atom is -0.376 e. The summed E-state index contributed by atoms with van der Waals surface area (Å²) in [6.07, 6.45) is 4.49. The fraction of sp³-hybridized carbons (Fsp3) is 0.667. The lowest BCUT2D eigenvalue weighted by Gasteiger charge is -2.44. The molecule has 21 heavy (non-hydrogen) atoms. The Hall–Kier alpha value is -0.930. The molecule has 0 aromatic heterocycles. The van der Waals surface area contributed by atoms with Crippen molar-refractivity contribution in [2.24, 2.45) is 5.92 Å². The second-order valence-electron chi connectivity index (χ2n) is 6.45. The fourth-order valence-electron chi connectivity index (χ4n) is 3.52. The average molecular weight is 293 g/mol. The number of nitrogens with one attached hydrogen (secondary N) is 1. The van der Waals surface area contributed by atoms with Crippen molar-refractivity contribution in [2.75, 3.05) is 13.7 Å². The van der Waals surface area contributed by atoms with Gasteiger partial charge in [0.1, 0.15) is 5.82 Å². The van der Waals surface area contributed by atoms with E-state index in [-0.39, 0.29) is 17.5 Å². The summed E-state index contributed by atoms with van der Waals surface area (Å²) >= 11 is 0. The zero-order valence-electron chi connectivity index (χ0n) is 13.7. The zero-order chi connectivity index (χ0) is 15.5. The predicted molar refractivity (Wildman–Crippen MR) is 84.9 cm³/mol. The molecular weight excluding hydrogens is 265 g/mol. The van der Waals surface area contributed by atoms with E-state index in [1.54, 1.807) is 6.07 Å². The Labute approximate surface area is 128 Å². The van der Waals surface area contributed by atoms with Gasteiger partial charge >= 0.3 is 0 Å². The molecule has 0 spiro atoms. The van der Waals surface area contributed by atoms with Crippen molar-refractivity contribution in [1.29, 1.82) is 0 Å². The molecule has 0 bridgehead atoms. The number of rotatable bonds is 5. The molecule has 2 nitrogen and oxygen atoms in total. The highest BCUT2D eigenvalue weighted by Gasteiger charge is 2.42. The van der Waals surface area contributed by atoms with Crippen LogP contribution in [0, 0.1) is 18.7 Å². The first-order valence-electron chi connectivity index (χ1n) is 8.07. The van der Waals surface area contributed by atoms with E-state index in [0.717, 1.165) is 30.9 Å². The first-order valence-corrected chi connectivity index (χ1v) is 8.07. The van der Waals surface area contributed by atoms with E-state index >= 15 is 0 Å². The van der Waals surface area contributed by atoms with E-state index in [0.29, 0.717) is 5.56 Å². The number of ether oxygens (including phenoxy) is 1. The molecule has 0 amide bonds. The minimum absolute atomic E-state index is 0.124. The zero-order valence-corrected chi connectivity index (χ0v) is 13.7. The van der Waals surface area contributed by atoms with Crippen LogP contribution < -0.4 is 5.32 Å². The predicted octanol–water partition coefficient (Wildman–Crippen LogP) is 4.38. The number of methoxy groups -OCH3 is 1. The summed E-state index contributed by atoms with van der Waals surface area (Å²) < 4.78 is 19.6. The molecule has 1 aliphatic rings. The van der Waals surface area contributed by atoms with Gasteiger partial charge in [0.25, 0.3) is 0 Å².